The zero-order valence-electron chi connectivity index (χ0n) is 17.5. The van der Waals surface area contributed by atoms with Crippen molar-refractivity contribution in [1.29, 1.82) is 0 Å². The fourth-order valence-corrected chi connectivity index (χ4v) is 4.33. The molecule has 2 aliphatic rings. The largest absolute Gasteiger partial charge is 0.378 e. The number of hydrogen-bond donors (Lipinski definition) is 1. The summed E-state index contributed by atoms with van der Waals surface area (Å²) in [6.45, 7) is 8.92. The summed E-state index contributed by atoms with van der Waals surface area (Å²) in [5.41, 5.74) is 8.45. The number of rotatable bonds is 5. The summed E-state index contributed by atoms with van der Waals surface area (Å²) in [5, 5.41) is 3.25. The van der Waals surface area contributed by atoms with Crippen LogP contribution in [0.4, 0.5) is 10.1 Å². The molecule has 152 valence electrons. The van der Waals surface area contributed by atoms with Crippen molar-refractivity contribution >= 4 is 5.69 Å². The molecule has 1 heterocycles. The van der Waals surface area contributed by atoms with E-state index in [0.29, 0.717) is 17.8 Å². The lowest BCUT2D eigenvalue weighted by Crippen LogP contribution is -2.31. The highest BCUT2D eigenvalue weighted by atomic mass is 19.1. The number of halogens is 1. The van der Waals surface area contributed by atoms with E-state index in [1.54, 1.807) is 12.1 Å². The number of terminal acetylenes is 1. The molecule has 30 heavy (non-hydrogen) atoms. The summed E-state index contributed by atoms with van der Waals surface area (Å²) in [4.78, 5) is 2.36. The van der Waals surface area contributed by atoms with Crippen LogP contribution in [0.1, 0.15) is 36.0 Å². The second kappa shape index (κ2) is 8.63. The maximum Gasteiger partial charge on any atom is 0.147 e. The molecule has 3 heteroatoms. The number of para-hydroxylation sites is 1. The lowest BCUT2D eigenvalue weighted by Gasteiger charge is -2.37. The molecule has 2 aromatic carbocycles. The van der Waals surface area contributed by atoms with Gasteiger partial charge < -0.3 is 10.2 Å². The van der Waals surface area contributed by atoms with E-state index < -0.39 is 0 Å². The maximum absolute atomic E-state index is 14.3. The van der Waals surface area contributed by atoms with E-state index >= 15 is 0 Å². The number of benzene rings is 2. The first kappa shape index (κ1) is 20.0. The maximum atomic E-state index is 14.3. The minimum absolute atomic E-state index is 0.320. The Balaban J connectivity index is 1.52. The molecule has 0 atom stereocenters. The molecule has 0 amide bonds. The molecule has 1 aliphatic heterocycles. The van der Waals surface area contributed by atoms with Gasteiger partial charge in [0.2, 0.25) is 0 Å². The van der Waals surface area contributed by atoms with Crippen LogP contribution in [0.15, 0.2) is 77.5 Å². The van der Waals surface area contributed by atoms with Gasteiger partial charge in [0.15, 0.2) is 0 Å². The normalized spacial score (nSPS) is 16.1. The Hall–Kier alpha value is -3.25. The predicted octanol–water partition coefficient (Wildman–Crippen LogP) is 5.96. The molecule has 0 saturated heterocycles. The summed E-state index contributed by atoms with van der Waals surface area (Å²) in [6.07, 6.45) is 10.9. The molecule has 0 bridgehead atoms. The van der Waals surface area contributed by atoms with Crippen molar-refractivity contribution in [3.63, 3.8) is 0 Å². The van der Waals surface area contributed by atoms with Gasteiger partial charge >= 0.3 is 0 Å². The van der Waals surface area contributed by atoms with Crippen LogP contribution in [0.25, 0.3) is 0 Å². The summed E-state index contributed by atoms with van der Waals surface area (Å²) in [5.74, 6) is 2.25. The van der Waals surface area contributed by atoms with Crippen LogP contribution in [-0.2, 0) is 6.54 Å². The lowest BCUT2D eigenvalue weighted by molar-refractivity contribution is 0.332. The third-order valence-electron chi connectivity index (χ3n) is 5.98. The van der Waals surface area contributed by atoms with Crippen LogP contribution in [0.5, 0.6) is 0 Å². The molecule has 0 unspecified atom stereocenters. The Labute approximate surface area is 178 Å². The number of nitrogens with zero attached hydrogens (tertiary/aromatic N) is 1. The number of allylic oxidation sites excluding steroid dienone is 2. The zero-order chi connectivity index (χ0) is 21.1. The zero-order valence-corrected chi connectivity index (χ0v) is 17.5. The standard InChI is InChI=1S/C27H27FN2/c1-4-22-7-6-10-25(28)27(22)29-17-24-9-5-8-23-15-16-30(20(3)26(23)24)18-21-13-11-19(2)12-14-21/h1,6-7,9-14,29H,3,5,8,15-18H2,2H3. The Bertz CT molecular complexity index is 1070. The molecule has 0 spiro atoms. The van der Waals surface area contributed by atoms with Crippen molar-refractivity contribution in [2.24, 2.45) is 0 Å². The van der Waals surface area contributed by atoms with Gasteiger partial charge in [0.05, 0.1) is 11.3 Å². The second-order valence-electron chi connectivity index (χ2n) is 8.01. The van der Waals surface area contributed by atoms with Crippen LogP contribution in [-0.4, -0.2) is 18.0 Å². The average molecular weight is 399 g/mol. The third-order valence-corrected chi connectivity index (χ3v) is 5.98. The van der Waals surface area contributed by atoms with E-state index in [4.69, 9.17) is 6.42 Å². The molecule has 2 aromatic rings. The Morgan fingerprint density at radius 1 is 1.17 bits per heavy atom. The molecule has 0 aromatic heterocycles. The summed E-state index contributed by atoms with van der Waals surface area (Å²) in [6, 6.07) is 13.5. The summed E-state index contributed by atoms with van der Waals surface area (Å²) >= 11 is 0. The van der Waals surface area contributed by atoms with E-state index in [1.165, 1.54) is 33.9 Å². The van der Waals surface area contributed by atoms with Crippen molar-refractivity contribution in [3.05, 3.63) is 100 Å². The molecule has 4 rings (SSSR count). The van der Waals surface area contributed by atoms with Gasteiger partial charge in [-0.15, -0.1) is 6.42 Å². The van der Waals surface area contributed by atoms with E-state index in [2.05, 4.69) is 60.0 Å². The van der Waals surface area contributed by atoms with Gasteiger partial charge in [-0.1, -0.05) is 60.0 Å². The van der Waals surface area contributed by atoms with E-state index in [9.17, 15) is 4.39 Å². The molecule has 0 radical (unpaired) electrons. The number of hydrogen-bond acceptors (Lipinski definition) is 2. The van der Waals surface area contributed by atoms with Gasteiger partial charge in [0.25, 0.3) is 0 Å². The predicted molar refractivity (Wildman–Crippen MR) is 123 cm³/mol. The van der Waals surface area contributed by atoms with Crippen LogP contribution in [0.2, 0.25) is 0 Å². The van der Waals surface area contributed by atoms with Crippen molar-refractivity contribution in [2.45, 2.75) is 32.7 Å². The fraction of sp³-hybridized carbons (Fsp3) is 0.259. The third kappa shape index (κ3) is 4.04. The molecular formula is C27H27FN2. The SMILES string of the molecule is C#Cc1cccc(F)c1NCC1=CCCC2=C1C(=C)N(Cc1ccc(C)cc1)CC2. The smallest absolute Gasteiger partial charge is 0.147 e. The Morgan fingerprint density at radius 3 is 2.73 bits per heavy atom. The minimum Gasteiger partial charge on any atom is -0.378 e. The van der Waals surface area contributed by atoms with Crippen molar-refractivity contribution in [2.75, 3.05) is 18.4 Å². The Kier molecular flexibility index (Phi) is 5.77. The van der Waals surface area contributed by atoms with E-state index in [1.807, 2.05) is 0 Å². The van der Waals surface area contributed by atoms with Gasteiger partial charge in [-0.05, 0) is 49.5 Å². The first-order chi connectivity index (χ1) is 14.6. The second-order valence-corrected chi connectivity index (χ2v) is 8.01. The number of aryl methyl sites for hydroxylation is 1. The van der Waals surface area contributed by atoms with Gasteiger partial charge in [-0.25, -0.2) is 4.39 Å². The highest BCUT2D eigenvalue weighted by molar-refractivity contribution is 5.62. The van der Waals surface area contributed by atoms with Gasteiger partial charge in [0, 0.05) is 30.9 Å². The van der Waals surface area contributed by atoms with Crippen molar-refractivity contribution in [1.82, 2.24) is 4.90 Å². The fourth-order valence-electron chi connectivity index (χ4n) is 4.33. The van der Waals surface area contributed by atoms with Crippen molar-refractivity contribution in [3.8, 4) is 12.3 Å². The molecule has 2 nitrogen and oxygen atoms in total. The first-order valence-electron chi connectivity index (χ1n) is 10.5. The molecule has 0 fully saturated rings. The van der Waals surface area contributed by atoms with Crippen LogP contribution < -0.4 is 5.32 Å². The summed E-state index contributed by atoms with van der Waals surface area (Å²) in [7, 11) is 0. The lowest BCUT2D eigenvalue weighted by atomic mass is 9.84. The number of nitrogens with one attached hydrogen (secondary N) is 1. The Morgan fingerprint density at radius 2 is 1.97 bits per heavy atom. The van der Waals surface area contributed by atoms with Crippen LogP contribution >= 0.6 is 0 Å². The average Bonchev–Trinajstić information content (AvgIpc) is 2.76. The van der Waals surface area contributed by atoms with Gasteiger partial charge in [0.1, 0.15) is 5.82 Å². The van der Waals surface area contributed by atoms with Gasteiger partial charge in [-0.2, -0.15) is 0 Å². The summed E-state index contributed by atoms with van der Waals surface area (Å²) < 4.78 is 14.3. The van der Waals surface area contributed by atoms with Crippen LogP contribution in [0.3, 0.4) is 0 Å². The minimum atomic E-state index is -0.320. The molecular weight excluding hydrogens is 371 g/mol. The topological polar surface area (TPSA) is 15.3 Å². The molecule has 1 N–H and O–H groups in total. The number of anilines is 1. The quantitative estimate of drug-likeness (QED) is 0.625. The molecule has 0 saturated carbocycles. The van der Waals surface area contributed by atoms with E-state index in [0.717, 1.165) is 38.0 Å². The monoisotopic (exact) mass is 398 g/mol. The molecule has 1 aliphatic carbocycles. The highest BCUT2D eigenvalue weighted by Crippen LogP contribution is 2.38. The highest BCUT2D eigenvalue weighted by Gasteiger charge is 2.26. The van der Waals surface area contributed by atoms with Crippen molar-refractivity contribution < 1.29 is 4.39 Å². The van der Waals surface area contributed by atoms with Gasteiger partial charge in [-0.3, -0.25) is 0 Å². The van der Waals surface area contributed by atoms with Crippen LogP contribution in [0, 0.1) is 25.1 Å². The van der Waals surface area contributed by atoms with E-state index in [-0.39, 0.29) is 5.82 Å². The first-order valence-corrected chi connectivity index (χ1v) is 10.5.